The van der Waals surface area contributed by atoms with Crippen molar-refractivity contribution >= 4 is 17.3 Å². The van der Waals surface area contributed by atoms with Crippen LogP contribution in [0.1, 0.15) is 0 Å². The quantitative estimate of drug-likeness (QED) is 0.473. The van der Waals surface area contributed by atoms with Gasteiger partial charge in [0.1, 0.15) is 0 Å². The van der Waals surface area contributed by atoms with Crippen molar-refractivity contribution in [3.8, 4) is 11.1 Å². The molecule has 90 valence electrons. The molecule has 0 amide bonds. The molecule has 6 nitrogen and oxygen atoms in total. The minimum absolute atomic E-state index is 0.251. The standard InChI is InChI=1S/C11H8ClN5O/c1-17-11(18)4-7(6-14-17)9-5-8(12)2-3-10(9)15-16-13/h2-6H,1H3. The van der Waals surface area contributed by atoms with Gasteiger partial charge in [-0.25, -0.2) is 4.68 Å². The van der Waals surface area contributed by atoms with Crippen LogP contribution in [0, 0.1) is 0 Å². The summed E-state index contributed by atoms with van der Waals surface area (Å²) in [7, 11) is 1.55. The van der Waals surface area contributed by atoms with E-state index < -0.39 is 0 Å². The number of aryl methyl sites for hydroxylation is 1. The average molecular weight is 262 g/mol. The minimum atomic E-state index is -0.251. The summed E-state index contributed by atoms with van der Waals surface area (Å²) in [6.45, 7) is 0. The zero-order chi connectivity index (χ0) is 13.1. The summed E-state index contributed by atoms with van der Waals surface area (Å²) in [6.07, 6.45) is 1.52. The molecule has 0 bridgehead atoms. The SMILES string of the molecule is Cn1ncc(-c2cc(Cl)ccc2N=[N+]=[N-])cc1=O. The summed E-state index contributed by atoms with van der Waals surface area (Å²) >= 11 is 5.90. The van der Waals surface area contributed by atoms with Crippen LogP contribution in [0.15, 0.2) is 40.4 Å². The zero-order valence-electron chi connectivity index (χ0n) is 9.41. The second kappa shape index (κ2) is 4.91. The fourth-order valence-corrected chi connectivity index (χ4v) is 1.66. The molecule has 0 aliphatic carbocycles. The first-order chi connectivity index (χ1) is 8.61. The van der Waals surface area contributed by atoms with Gasteiger partial charge in [0.05, 0.1) is 6.20 Å². The molecule has 0 spiro atoms. The predicted octanol–water partition coefficient (Wildman–Crippen LogP) is 3.04. The predicted molar refractivity (Wildman–Crippen MR) is 68.7 cm³/mol. The van der Waals surface area contributed by atoms with Gasteiger partial charge >= 0.3 is 0 Å². The molecule has 0 atom stereocenters. The van der Waals surface area contributed by atoms with Gasteiger partial charge in [0.25, 0.3) is 5.56 Å². The topological polar surface area (TPSA) is 83.7 Å². The monoisotopic (exact) mass is 261 g/mol. The maximum atomic E-state index is 11.5. The lowest BCUT2D eigenvalue weighted by atomic mass is 10.1. The van der Waals surface area contributed by atoms with E-state index in [9.17, 15) is 4.79 Å². The van der Waals surface area contributed by atoms with Gasteiger partial charge < -0.3 is 0 Å². The molecule has 1 heterocycles. The smallest absolute Gasteiger partial charge is 0.267 e. The lowest BCUT2D eigenvalue weighted by Crippen LogP contribution is -2.17. The van der Waals surface area contributed by atoms with Gasteiger partial charge in [-0.1, -0.05) is 22.8 Å². The summed E-state index contributed by atoms with van der Waals surface area (Å²) in [5, 5.41) is 7.96. The summed E-state index contributed by atoms with van der Waals surface area (Å²) < 4.78 is 1.21. The number of hydrogen-bond acceptors (Lipinski definition) is 3. The van der Waals surface area contributed by atoms with Crippen LogP contribution in [-0.4, -0.2) is 9.78 Å². The van der Waals surface area contributed by atoms with Crippen molar-refractivity contribution in [1.82, 2.24) is 9.78 Å². The summed E-state index contributed by atoms with van der Waals surface area (Å²) in [6, 6.07) is 6.25. The van der Waals surface area contributed by atoms with Crippen LogP contribution in [0.5, 0.6) is 0 Å². The van der Waals surface area contributed by atoms with Crippen LogP contribution in [-0.2, 0) is 7.05 Å². The van der Waals surface area contributed by atoms with Gasteiger partial charge in [0, 0.05) is 34.3 Å². The van der Waals surface area contributed by atoms with E-state index in [1.54, 1.807) is 25.2 Å². The number of rotatable bonds is 2. The van der Waals surface area contributed by atoms with E-state index in [0.29, 0.717) is 21.8 Å². The number of halogens is 1. The van der Waals surface area contributed by atoms with E-state index in [1.165, 1.54) is 16.9 Å². The fourth-order valence-electron chi connectivity index (χ4n) is 1.49. The van der Waals surface area contributed by atoms with Gasteiger partial charge in [0.15, 0.2) is 0 Å². The molecule has 0 aliphatic rings. The van der Waals surface area contributed by atoms with Crippen molar-refractivity contribution in [1.29, 1.82) is 0 Å². The Morgan fingerprint density at radius 2 is 2.22 bits per heavy atom. The van der Waals surface area contributed by atoms with E-state index in [-0.39, 0.29) is 5.56 Å². The molecule has 1 aromatic heterocycles. The molecule has 0 N–H and O–H groups in total. The second-order valence-corrected chi connectivity index (χ2v) is 3.99. The van der Waals surface area contributed by atoms with E-state index in [1.807, 2.05) is 0 Å². The third kappa shape index (κ3) is 2.34. The largest absolute Gasteiger partial charge is 0.268 e. The third-order valence-corrected chi connectivity index (χ3v) is 2.63. The molecule has 0 radical (unpaired) electrons. The van der Waals surface area contributed by atoms with Crippen LogP contribution in [0.25, 0.3) is 21.6 Å². The molecule has 2 rings (SSSR count). The Hall–Kier alpha value is -2.30. The van der Waals surface area contributed by atoms with E-state index in [0.717, 1.165) is 0 Å². The molecule has 0 saturated heterocycles. The van der Waals surface area contributed by atoms with E-state index in [2.05, 4.69) is 15.1 Å². The lowest BCUT2D eigenvalue weighted by molar-refractivity contribution is 0.708. The maximum Gasteiger partial charge on any atom is 0.267 e. The highest BCUT2D eigenvalue weighted by Crippen LogP contribution is 2.31. The van der Waals surface area contributed by atoms with Crippen molar-refractivity contribution in [3.63, 3.8) is 0 Å². The molecular formula is C11H8ClN5O. The van der Waals surface area contributed by atoms with Gasteiger partial charge in [-0.2, -0.15) is 5.10 Å². The van der Waals surface area contributed by atoms with Crippen LogP contribution < -0.4 is 5.56 Å². The number of aromatic nitrogens is 2. The Labute approximate surface area is 107 Å². The lowest BCUT2D eigenvalue weighted by Gasteiger charge is -2.06. The molecule has 2 aromatic rings. The summed E-state index contributed by atoms with van der Waals surface area (Å²) in [5.74, 6) is 0. The molecule has 0 fully saturated rings. The Kier molecular flexibility index (Phi) is 3.32. The van der Waals surface area contributed by atoms with Gasteiger partial charge in [0.2, 0.25) is 0 Å². The average Bonchev–Trinajstić information content (AvgIpc) is 2.35. The molecule has 0 aliphatic heterocycles. The summed E-state index contributed by atoms with van der Waals surface area (Å²) in [5.41, 5.74) is 9.79. The Morgan fingerprint density at radius 1 is 1.44 bits per heavy atom. The number of nitrogens with zero attached hydrogens (tertiary/aromatic N) is 5. The van der Waals surface area contributed by atoms with Crippen LogP contribution in [0.2, 0.25) is 5.02 Å². The van der Waals surface area contributed by atoms with Crippen molar-refractivity contribution in [3.05, 3.63) is 56.3 Å². The van der Waals surface area contributed by atoms with Crippen LogP contribution in [0.4, 0.5) is 5.69 Å². The number of benzene rings is 1. The molecular weight excluding hydrogens is 254 g/mol. The number of hydrogen-bond donors (Lipinski definition) is 0. The second-order valence-electron chi connectivity index (χ2n) is 3.56. The van der Waals surface area contributed by atoms with Crippen molar-refractivity contribution in [2.75, 3.05) is 0 Å². The third-order valence-electron chi connectivity index (χ3n) is 2.39. The van der Waals surface area contributed by atoms with Crippen molar-refractivity contribution in [2.24, 2.45) is 12.2 Å². The van der Waals surface area contributed by atoms with Crippen molar-refractivity contribution in [2.45, 2.75) is 0 Å². The first kappa shape index (κ1) is 12.2. The molecule has 7 heteroatoms. The molecule has 0 saturated carbocycles. The van der Waals surface area contributed by atoms with Gasteiger partial charge in [-0.15, -0.1) is 0 Å². The molecule has 18 heavy (non-hydrogen) atoms. The molecule has 1 aromatic carbocycles. The van der Waals surface area contributed by atoms with Crippen LogP contribution in [0.3, 0.4) is 0 Å². The first-order valence-electron chi connectivity index (χ1n) is 5.00. The normalized spacial score (nSPS) is 9.89. The van der Waals surface area contributed by atoms with Crippen LogP contribution >= 0.6 is 11.6 Å². The zero-order valence-corrected chi connectivity index (χ0v) is 10.2. The first-order valence-corrected chi connectivity index (χ1v) is 5.38. The fraction of sp³-hybridized carbons (Fsp3) is 0.0909. The number of azide groups is 1. The Balaban J connectivity index is 2.68. The van der Waals surface area contributed by atoms with E-state index in [4.69, 9.17) is 17.1 Å². The molecule has 0 unspecified atom stereocenters. The minimum Gasteiger partial charge on any atom is -0.268 e. The van der Waals surface area contributed by atoms with Gasteiger partial charge in [-0.05, 0) is 23.2 Å². The van der Waals surface area contributed by atoms with Gasteiger partial charge in [-0.3, -0.25) is 4.79 Å². The Morgan fingerprint density at radius 3 is 2.89 bits per heavy atom. The Bertz CT molecular complexity index is 703. The van der Waals surface area contributed by atoms with E-state index >= 15 is 0 Å². The highest BCUT2D eigenvalue weighted by molar-refractivity contribution is 6.31. The van der Waals surface area contributed by atoms with Crippen molar-refractivity contribution < 1.29 is 0 Å². The highest BCUT2D eigenvalue weighted by Gasteiger charge is 2.06. The summed E-state index contributed by atoms with van der Waals surface area (Å²) in [4.78, 5) is 14.3. The highest BCUT2D eigenvalue weighted by atomic mass is 35.5. The maximum absolute atomic E-state index is 11.5.